The first kappa shape index (κ1) is 26.4. The number of ether oxygens (including phenoxy) is 2. The molecule has 0 spiro atoms. The fourth-order valence-electron chi connectivity index (χ4n) is 3.64. The maximum atomic E-state index is 12.0. The quantitative estimate of drug-likeness (QED) is 0.139. The van der Waals surface area contributed by atoms with E-state index in [1.54, 1.807) is 0 Å². The molecule has 30 heavy (non-hydrogen) atoms. The average Bonchev–Trinajstić information content (AvgIpc) is 3.05. The zero-order valence-electron chi connectivity index (χ0n) is 19.1. The summed E-state index contributed by atoms with van der Waals surface area (Å²) in [6.07, 6.45) is 22.7. The number of carbonyl (C=O) groups is 2. The van der Waals surface area contributed by atoms with Gasteiger partial charge < -0.3 is 14.6 Å². The van der Waals surface area contributed by atoms with Gasteiger partial charge in [0, 0.05) is 18.9 Å². The normalized spacial score (nSPS) is 20.2. The summed E-state index contributed by atoms with van der Waals surface area (Å²) in [6.45, 7) is 3.09. The van der Waals surface area contributed by atoms with Gasteiger partial charge in [0.25, 0.3) is 0 Å². The monoisotopic (exact) mass is 422 g/mol. The Bertz CT molecular complexity index is 552. The van der Waals surface area contributed by atoms with Gasteiger partial charge in [-0.2, -0.15) is 0 Å². The minimum Gasteiger partial charge on any atom is -0.462 e. The molecule has 1 N–H and O–H groups in total. The molecule has 1 atom stereocenters. The van der Waals surface area contributed by atoms with Gasteiger partial charge in [-0.15, -0.1) is 0 Å². The van der Waals surface area contributed by atoms with Crippen LogP contribution in [-0.4, -0.2) is 35.9 Å². The van der Waals surface area contributed by atoms with E-state index in [-0.39, 0.29) is 13.2 Å². The smallest absolute Gasteiger partial charge is 0.334 e. The number of unbranched alkanes of at least 4 members (excludes halogenated alkanes) is 11. The Kier molecular flexibility index (Phi) is 14.2. The number of esters is 2. The van der Waals surface area contributed by atoms with Gasteiger partial charge in [-0.05, 0) is 38.5 Å². The number of hydrogen-bond donors (Lipinski definition) is 1. The highest BCUT2D eigenvalue weighted by molar-refractivity contribution is 5.91. The maximum absolute atomic E-state index is 12.0. The number of aliphatic hydroxyl groups is 1. The van der Waals surface area contributed by atoms with E-state index in [1.807, 2.05) is 6.08 Å². The molecule has 1 aliphatic heterocycles. The molecule has 1 rings (SSSR count). The second kappa shape index (κ2) is 16.1. The third kappa shape index (κ3) is 11.5. The molecule has 0 aliphatic carbocycles. The van der Waals surface area contributed by atoms with Gasteiger partial charge in [-0.3, -0.25) is 4.79 Å². The van der Waals surface area contributed by atoms with Crippen molar-refractivity contribution >= 4 is 11.9 Å². The lowest BCUT2D eigenvalue weighted by Gasteiger charge is -2.23. The molecule has 1 fully saturated rings. The van der Waals surface area contributed by atoms with Crippen LogP contribution in [0.15, 0.2) is 23.8 Å². The first-order valence-electron chi connectivity index (χ1n) is 11.8. The summed E-state index contributed by atoms with van der Waals surface area (Å²) in [7, 11) is 0. The van der Waals surface area contributed by atoms with E-state index in [0.29, 0.717) is 12.0 Å². The first-order chi connectivity index (χ1) is 14.5. The van der Waals surface area contributed by atoms with Crippen molar-refractivity contribution in [1.82, 2.24) is 0 Å². The number of hydrogen-bond acceptors (Lipinski definition) is 5. The van der Waals surface area contributed by atoms with Crippen molar-refractivity contribution < 1.29 is 24.2 Å². The van der Waals surface area contributed by atoms with E-state index in [1.165, 1.54) is 64.7 Å². The highest BCUT2D eigenvalue weighted by atomic mass is 16.6. The van der Waals surface area contributed by atoms with Crippen molar-refractivity contribution in [2.75, 3.05) is 13.2 Å². The number of allylic oxidation sites excluding steroid dienone is 3. The highest BCUT2D eigenvalue weighted by Crippen LogP contribution is 2.31. The molecule has 1 saturated heterocycles. The number of aliphatic hydroxyl groups excluding tert-OH is 1. The third-order valence-electron chi connectivity index (χ3n) is 5.52. The highest BCUT2D eigenvalue weighted by Gasteiger charge is 2.44. The molecule has 1 heterocycles. The van der Waals surface area contributed by atoms with Crippen LogP contribution >= 0.6 is 0 Å². The van der Waals surface area contributed by atoms with E-state index >= 15 is 0 Å². The summed E-state index contributed by atoms with van der Waals surface area (Å²) in [5.41, 5.74) is -0.537. The predicted octanol–water partition coefficient (Wildman–Crippen LogP) is 5.80. The minimum atomic E-state index is -1.11. The Morgan fingerprint density at radius 1 is 1.00 bits per heavy atom. The second-order valence-corrected chi connectivity index (χ2v) is 8.44. The van der Waals surface area contributed by atoms with Crippen LogP contribution in [-0.2, 0) is 19.1 Å². The second-order valence-electron chi connectivity index (χ2n) is 8.44. The Balaban J connectivity index is 2.07. The largest absolute Gasteiger partial charge is 0.462 e. The first-order valence-corrected chi connectivity index (χ1v) is 11.8. The van der Waals surface area contributed by atoms with Crippen molar-refractivity contribution in [3.8, 4) is 0 Å². The van der Waals surface area contributed by atoms with Gasteiger partial charge in [-0.1, -0.05) is 70.1 Å². The van der Waals surface area contributed by atoms with Gasteiger partial charge in [-0.25, -0.2) is 4.79 Å². The molecule has 172 valence electrons. The molecule has 0 bridgehead atoms. The van der Waals surface area contributed by atoms with Crippen LogP contribution in [0.4, 0.5) is 0 Å². The average molecular weight is 423 g/mol. The Labute approximate surface area is 182 Å². The third-order valence-corrected chi connectivity index (χ3v) is 5.52. The predicted molar refractivity (Wildman–Crippen MR) is 120 cm³/mol. The standard InChI is InChI=1S/C25H42O5/c1-3-4-5-6-7-8-9-10-11-12-13-14-15-16-17-18-23-19-25(20-26,30-24(23)28)21-29-22(2)27/h10-11,18,26H,3-9,12-17,19-21H2,1-2H3/b11-10-,23-18+. The zero-order valence-corrected chi connectivity index (χ0v) is 19.1. The summed E-state index contributed by atoms with van der Waals surface area (Å²) in [5.74, 6) is -0.861. The van der Waals surface area contributed by atoms with Crippen LogP contribution in [0.5, 0.6) is 0 Å². The molecule has 0 amide bonds. The summed E-state index contributed by atoms with van der Waals surface area (Å²) < 4.78 is 10.2. The molecular formula is C25H42O5. The van der Waals surface area contributed by atoms with Crippen LogP contribution in [0, 0.1) is 0 Å². The minimum absolute atomic E-state index is 0.103. The van der Waals surface area contributed by atoms with E-state index in [2.05, 4.69) is 19.1 Å². The lowest BCUT2D eigenvalue weighted by molar-refractivity contribution is -0.164. The van der Waals surface area contributed by atoms with Crippen LogP contribution in [0.25, 0.3) is 0 Å². The van der Waals surface area contributed by atoms with Gasteiger partial charge in [0.2, 0.25) is 0 Å². The molecule has 1 aliphatic rings. The van der Waals surface area contributed by atoms with Crippen LogP contribution in [0.2, 0.25) is 0 Å². The Hall–Kier alpha value is -1.62. The summed E-state index contributed by atoms with van der Waals surface area (Å²) in [5, 5.41) is 9.57. The summed E-state index contributed by atoms with van der Waals surface area (Å²) >= 11 is 0. The van der Waals surface area contributed by atoms with Crippen LogP contribution in [0.1, 0.15) is 104 Å². The lowest BCUT2D eigenvalue weighted by Crippen LogP contribution is -2.39. The van der Waals surface area contributed by atoms with Gasteiger partial charge in [0.1, 0.15) is 6.61 Å². The molecular weight excluding hydrogens is 380 g/mol. The molecule has 0 saturated carbocycles. The maximum Gasteiger partial charge on any atom is 0.334 e. The van der Waals surface area contributed by atoms with Gasteiger partial charge in [0.05, 0.1) is 6.61 Å². The van der Waals surface area contributed by atoms with Crippen molar-refractivity contribution in [2.24, 2.45) is 0 Å². The molecule has 5 heteroatoms. The van der Waals surface area contributed by atoms with E-state index in [4.69, 9.17) is 9.47 Å². The SMILES string of the molecule is CCCCCCCC/C=C\CCCCCC/C=C1\CC(CO)(COC(C)=O)OC1=O. The molecule has 0 aromatic carbocycles. The van der Waals surface area contributed by atoms with E-state index in [0.717, 1.165) is 25.7 Å². The van der Waals surface area contributed by atoms with Crippen molar-refractivity contribution in [2.45, 2.75) is 109 Å². The van der Waals surface area contributed by atoms with Crippen molar-refractivity contribution in [3.63, 3.8) is 0 Å². The summed E-state index contributed by atoms with van der Waals surface area (Å²) in [6, 6.07) is 0. The number of rotatable bonds is 17. The Morgan fingerprint density at radius 2 is 1.57 bits per heavy atom. The topological polar surface area (TPSA) is 72.8 Å². The van der Waals surface area contributed by atoms with Crippen molar-refractivity contribution in [3.05, 3.63) is 23.8 Å². The Morgan fingerprint density at radius 3 is 2.13 bits per heavy atom. The van der Waals surface area contributed by atoms with Gasteiger partial charge in [0.15, 0.2) is 5.60 Å². The summed E-state index contributed by atoms with van der Waals surface area (Å²) in [4.78, 5) is 23.0. The molecule has 1 unspecified atom stereocenters. The van der Waals surface area contributed by atoms with Gasteiger partial charge >= 0.3 is 11.9 Å². The van der Waals surface area contributed by atoms with E-state index < -0.39 is 17.5 Å². The van der Waals surface area contributed by atoms with Crippen LogP contribution in [0.3, 0.4) is 0 Å². The fourth-order valence-corrected chi connectivity index (χ4v) is 3.64. The van der Waals surface area contributed by atoms with Crippen molar-refractivity contribution in [1.29, 1.82) is 0 Å². The number of cyclic esters (lactones) is 1. The molecule has 5 nitrogen and oxygen atoms in total. The molecule has 0 aromatic heterocycles. The number of carbonyl (C=O) groups excluding carboxylic acids is 2. The molecule has 0 radical (unpaired) electrons. The van der Waals surface area contributed by atoms with E-state index in [9.17, 15) is 14.7 Å². The lowest BCUT2D eigenvalue weighted by atomic mass is 9.98. The molecule has 0 aromatic rings. The fraction of sp³-hybridized carbons (Fsp3) is 0.760. The zero-order chi connectivity index (χ0) is 22.1. The van der Waals surface area contributed by atoms with Crippen LogP contribution < -0.4 is 0 Å².